The topological polar surface area (TPSA) is 89.8 Å². The van der Waals surface area contributed by atoms with Gasteiger partial charge in [0.2, 0.25) is 5.95 Å². The van der Waals surface area contributed by atoms with E-state index in [9.17, 15) is 0 Å². The summed E-state index contributed by atoms with van der Waals surface area (Å²) in [4.78, 5) is 7.77. The fourth-order valence-corrected chi connectivity index (χ4v) is 1.67. The first-order valence-electron chi connectivity index (χ1n) is 4.68. The number of nitrogens with one attached hydrogen (secondary N) is 1. The molecule has 5 N–H and O–H groups in total. The maximum absolute atomic E-state index is 5.79. The summed E-state index contributed by atoms with van der Waals surface area (Å²) in [7, 11) is 0. The van der Waals surface area contributed by atoms with E-state index in [1.807, 2.05) is 0 Å². The Hall–Kier alpha value is -1.49. The van der Waals surface area contributed by atoms with Crippen molar-refractivity contribution in [2.45, 2.75) is 18.9 Å². The first kappa shape index (κ1) is 10.0. The molecule has 0 amide bonds. The van der Waals surface area contributed by atoms with E-state index in [4.69, 9.17) is 23.1 Å². The van der Waals surface area contributed by atoms with Gasteiger partial charge in [-0.25, -0.2) is 0 Å². The normalized spacial score (nSPS) is 19.4. The summed E-state index contributed by atoms with van der Waals surface area (Å²) >= 11 is 5.79. The standard InChI is InChI=1S/C9H12ClN5/c10-7-6(11)8(15-9(12)14-7)13-5-3-1-2-4-5/h1,3,5H,2,4,11H2,(H3,12,13,14,15). The Morgan fingerprint density at radius 1 is 1.40 bits per heavy atom. The molecule has 0 aromatic carbocycles. The Bertz CT molecular complexity index is 404. The van der Waals surface area contributed by atoms with Gasteiger partial charge in [0.25, 0.3) is 0 Å². The molecule has 80 valence electrons. The lowest BCUT2D eigenvalue weighted by atomic mass is 10.2. The zero-order valence-corrected chi connectivity index (χ0v) is 8.83. The number of halogens is 1. The van der Waals surface area contributed by atoms with E-state index >= 15 is 0 Å². The van der Waals surface area contributed by atoms with Crippen LogP contribution in [0.4, 0.5) is 17.5 Å². The second-order valence-electron chi connectivity index (χ2n) is 3.39. The predicted molar refractivity (Wildman–Crippen MR) is 61.7 cm³/mol. The van der Waals surface area contributed by atoms with Crippen LogP contribution < -0.4 is 16.8 Å². The van der Waals surface area contributed by atoms with E-state index in [1.54, 1.807) is 0 Å². The molecule has 0 radical (unpaired) electrons. The van der Waals surface area contributed by atoms with Gasteiger partial charge in [-0.1, -0.05) is 23.8 Å². The smallest absolute Gasteiger partial charge is 0.223 e. The fourth-order valence-electron chi connectivity index (χ4n) is 1.50. The average molecular weight is 226 g/mol. The minimum atomic E-state index is 0.124. The Kier molecular flexibility index (Phi) is 2.64. The molecule has 15 heavy (non-hydrogen) atoms. The van der Waals surface area contributed by atoms with Gasteiger partial charge in [0.1, 0.15) is 5.69 Å². The molecule has 5 nitrogen and oxygen atoms in total. The van der Waals surface area contributed by atoms with Crippen molar-refractivity contribution in [3.05, 3.63) is 17.3 Å². The number of anilines is 3. The van der Waals surface area contributed by atoms with Crippen molar-refractivity contribution in [3.8, 4) is 0 Å². The highest BCUT2D eigenvalue weighted by Gasteiger charge is 2.14. The third-order valence-electron chi connectivity index (χ3n) is 2.25. The molecule has 0 saturated heterocycles. The SMILES string of the molecule is Nc1nc(Cl)c(N)c(NC2C=CCC2)n1. The molecule has 0 aliphatic heterocycles. The molecular weight excluding hydrogens is 214 g/mol. The minimum absolute atomic E-state index is 0.124. The number of nitrogens with zero attached hydrogens (tertiary/aromatic N) is 2. The van der Waals surface area contributed by atoms with Crippen LogP contribution in [0.2, 0.25) is 5.15 Å². The molecule has 0 bridgehead atoms. The van der Waals surface area contributed by atoms with Crippen LogP contribution in [-0.2, 0) is 0 Å². The zero-order valence-electron chi connectivity index (χ0n) is 8.07. The Morgan fingerprint density at radius 2 is 2.20 bits per heavy atom. The third kappa shape index (κ3) is 2.12. The van der Waals surface area contributed by atoms with Gasteiger partial charge in [0.05, 0.1) is 0 Å². The minimum Gasteiger partial charge on any atom is -0.393 e. The van der Waals surface area contributed by atoms with Gasteiger partial charge in [-0.15, -0.1) is 0 Å². The lowest BCUT2D eigenvalue weighted by molar-refractivity contribution is 0.820. The summed E-state index contributed by atoms with van der Waals surface area (Å²) in [5.74, 6) is 0.628. The van der Waals surface area contributed by atoms with E-state index in [1.165, 1.54) is 0 Å². The molecule has 1 aromatic rings. The molecule has 6 heteroatoms. The van der Waals surface area contributed by atoms with Crippen LogP contribution in [0.25, 0.3) is 0 Å². The average Bonchev–Trinajstić information content (AvgIpc) is 2.66. The molecule has 1 unspecified atom stereocenters. The van der Waals surface area contributed by atoms with Crippen LogP contribution in [0.15, 0.2) is 12.2 Å². The monoisotopic (exact) mass is 225 g/mol. The van der Waals surface area contributed by atoms with E-state index in [0.717, 1.165) is 12.8 Å². The summed E-state index contributed by atoms with van der Waals surface area (Å²) in [6.07, 6.45) is 6.28. The number of rotatable bonds is 2. The first-order chi connectivity index (χ1) is 7.16. The second kappa shape index (κ2) is 3.94. The lowest BCUT2D eigenvalue weighted by Crippen LogP contribution is -2.17. The molecule has 1 aliphatic rings. The number of hydrogen-bond acceptors (Lipinski definition) is 5. The molecular formula is C9H12ClN5. The van der Waals surface area contributed by atoms with Gasteiger partial charge in [-0.2, -0.15) is 9.97 Å². The second-order valence-corrected chi connectivity index (χ2v) is 3.75. The number of nitrogens with two attached hydrogens (primary N) is 2. The molecule has 1 heterocycles. The van der Waals surface area contributed by atoms with Crippen molar-refractivity contribution in [2.24, 2.45) is 0 Å². The summed E-state index contributed by atoms with van der Waals surface area (Å²) in [5, 5.41) is 3.35. The van der Waals surface area contributed by atoms with Crippen molar-refractivity contribution in [1.82, 2.24) is 9.97 Å². The van der Waals surface area contributed by atoms with Crippen LogP contribution in [0, 0.1) is 0 Å². The van der Waals surface area contributed by atoms with Crippen molar-refractivity contribution in [3.63, 3.8) is 0 Å². The number of hydrogen-bond donors (Lipinski definition) is 3. The molecule has 1 atom stereocenters. The summed E-state index contributed by atoms with van der Waals surface area (Å²) < 4.78 is 0. The summed E-state index contributed by atoms with van der Waals surface area (Å²) in [6, 6.07) is 0.248. The first-order valence-corrected chi connectivity index (χ1v) is 5.06. The Morgan fingerprint density at radius 3 is 2.87 bits per heavy atom. The fraction of sp³-hybridized carbons (Fsp3) is 0.333. The molecule has 0 fully saturated rings. The van der Waals surface area contributed by atoms with Crippen molar-refractivity contribution in [1.29, 1.82) is 0 Å². The maximum atomic E-state index is 5.79. The highest BCUT2D eigenvalue weighted by molar-refractivity contribution is 6.32. The van der Waals surface area contributed by atoms with Crippen LogP contribution in [-0.4, -0.2) is 16.0 Å². The number of nitrogen functional groups attached to an aromatic ring is 2. The lowest BCUT2D eigenvalue weighted by Gasteiger charge is -2.13. The van der Waals surface area contributed by atoms with Gasteiger partial charge >= 0.3 is 0 Å². The van der Waals surface area contributed by atoms with Crippen molar-refractivity contribution < 1.29 is 0 Å². The van der Waals surface area contributed by atoms with Gasteiger partial charge in [0.15, 0.2) is 11.0 Å². The van der Waals surface area contributed by atoms with Crippen LogP contribution in [0.1, 0.15) is 12.8 Å². The zero-order chi connectivity index (χ0) is 10.8. The maximum Gasteiger partial charge on any atom is 0.223 e. The highest BCUT2D eigenvalue weighted by Crippen LogP contribution is 2.26. The van der Waals surface area contributed by atoms with Crippen LogP contribution in [0.5, 0.6) is 0 Å². The summed E-state index contributed by atoms with van der Waals surface area (Å²) in [5.41, 5.74) is 11.6. The van der Waals surface area contributed by atoms with Crippen LogP contribution >= 0.6 is 11.6 Å². The van der Waals surface area contributed by atoms with Gasteiger partial charge in [-0.05, 0) is 12.8 Å². The largest absolute Gasteiger partial charge is 0.393 e. The molecule has 1 aliphatic carbocycles. The molecule has 0 saturated carbocycles. The Labute approximate surface area is 92.5 Å². The quantitative estimate of drug-likeness (QED) is 0.523. The van der Waals surface area contributed by atoms with E-state index in [2.05, 4.69) is 27.4 Å². The van der Waals surface area contributed by atoms with Crippen molar-refractivity contribution >= 4 is 29.1 Å². The molecule has 1 aromatic heterocycles. The third-order valence-corrected chi connectivity index (χ3v) is 2.54. The highest BCUT2D eigenvalue weighted by atomic mass is 35.5. The van der Waals surface area contributed by atoms with Gasteiger partial charge < -0.3 is 16.8 Å². The van der Waals surface area contributed by atoms with E-state index < -0.39 is 0 Å². The molecule has 2 rings (SSSR count). The predicted octanol–water partition coefficient (Wildman–Crippen LogP) is 1.42. The van der Waals surface area contributed by atoms with E-state index in [-0.39, 0.29) is 17.1 Å². The van der Waals surface area contributed by atoms with Crippen molar-refractivity contribution in [2.75, 3.05) is 16.8 Å². The number of allylic oxidation sites excluding steroid dienone is 1. The Balaban J connectivity index is 2.23. The molecule has 0 spiro atoms. The van der Waals surface area contributed by atoms with Gasteiger partial charge in [-0.3, -0.25) is 0 Å². The van der Waals surface area contributed by atoms with E-state index in [0.29, 0.717) is 11.5 Å². The summed E-state index contributed by atoms with van der Waals surface area (Å²) in [6.45, 7) is 0. The van der Waals surface area contributed by atoms with Crippen LogP contribution in [0.3, 0.4) is 0 Å². The number of aromatic nitrogens is 2. The van der Waals surface area contributed by atoms with Gasteiger partial charge in [0, 0.05) is 6.04 Å².